The first kappa shape index (κ1) is 18.5. The molecule has 1 aromatic carbocycles. The second-order valence-corrected chi connectivity index (χ2v) is 7.32. The molecule has 8 heteroatoms. The summed E-state index contributed by atoms with van der Waals surface area (Å²) in [6.45, 7) is 0.885. The number of hydrogen-bond donors (Lipinski definition) is 0. The van der Waals surface area contributed by atoms with Crippen molar-refractivity contribution >= 4 is 23.8 Å². The van der Waals surface area contributed by atoms with Crippen LogP contribution in [-0.2, 0) is 23.9 Å². The number of piperidine rings is 1. The molecular weight excluding hydrogens is 364 g/mol. The van der Waals surface area contributed by atoms with E-state index in [1.807, 2.05) is 0 Å². The molecule has 2 saturated heterocycles. The lowest BCUT2D eigenvalue weighted by Gasteiger charge is -2.36. The van der Waals surface area contributed by atoms with Gasteiger partial charge in [0.2, 0.25) is 18.0 Å². The number of likely N-dealkylation sites (tertiary alicyclic amines) is 2. The number of esters is 2. The summed E-state index contributed by atoms with van der Waals surface area (Å²) in [6, 6.07) is 6.27. The second kappa shape index (κ2) is 7.26. The molecule has 0 aromatic heterocycles. The van der Waals surface area contributed by atoms with Crippen molar-refractivity contribution in [1.29, 1.82) is 0 Å². The lowest BCUT2D eigenvalue weighted by Crippen LogP contribution is -2.50. The molecule has 3 aliphatic heterocycles. The zero-order valence-corrected chi connectivity index (χ0v) is 15.6. The summed E-state index contributed by atoms with van der Waals surface area (Å²) in [5.74, 6) is -1.28. The van der Waals surface area contributed by atoms with E-state index >= 15 is 0 Å². The molecule has 3 aliphatic rings. The molecular formula is C20H22N2O6. The Balaban J connectivity index is 1.51. The van der Waals surface area contributed by atoms with Crippen LogP contribution in [0.1, 0.15) is 47.8 Å². The highest BCUT2D eigenvalue weighted by atomic mass is 16.6. The average molecular weight is 386 g/mol. The molecule has 2 fully saturated rings. The third kappa shape index (κ3) is 3.02. The predicted molar refractivity (Wildman–Crippen MR) is 95.8 cm³/mol. The highest BCUT2D eigenvalue weighted by Gasteiger charge is 2.47. The molecule has 2 atom stereocenters. The largest absolute Gasteiger partial charge is 0.469 e. The third-order valence-corrected chi connectivity index (χ3v) is 5.80. The molecule has 0 spiro atoms. The Hall–Kier alpha value is -2.90. The fraction of sp³-hybridized carbons (Fsp3) is 0.500. The molecule has 0 radical (unpaired) electrons. The van der Waals surface area contributed by atoms with Gasteiger partial charge in [-0.15, -0.1) is 0 Å². The third-order valence-electron chi connectivity index (χ3n) is 5.80. The summed E-state index contributed by atoms with van der Waals surface area (Å²) in [5, 5.41) is 0. The fourth-order valence-corrected chi connectivity index (χ4v) is 4.29. The molecule has 148 valence electrons. The topological polar surface area (TPSA) is 93.2 Å². The van der Waals surface area contributed by atoms with Gasteiger partial charge in [0.1, 0.15) is 6.04 Å². The van der Waals surface area contributed by atoms with Crippen molar-refractivity contribution in [2.75, 3.05) is 20.2 Å². The van der Waals surface area contributed by atoms with E-state index in [9.17, 15) is 19.2 Å². The molecule has 8 nitrogen and oxygen atoms in total. The minimum absolute atomic E-state index is 0.158. The number of benzene rings is 1. The molecule has 0 saturated carbocycles. The van der Waals surface area contributed by atoms with Crippen LogP contribution in [0.3, 0.4) is 0 Å². The van der Waals surface area contributed by atoms with Crippen LogP contribution in [0.15, 0.2) is 24.3 Å². The first-order chi connectivity index (χ1) is 13.5. The van der Waals surface area contributed by atoms with Crippen LogP contribution in [0, 0.1) is 5.92 Å². The molecule has 2 unspecified atom stereocenters. The van der Waals surface area contributed by atoms with Crippen molar-refractivity contribution in [3.05, 3.63) is 35.4 Å². The van der Waals surface area contributed by atoms with Gasteiger partial charge in [0.05, 0.1) is 18.6 Å². The van der Waals surface area contributed by atoms with Gasteiger partial charge in [-0.25, -0.2) is 4.79 Å². The Kier molecular flexibility index (Phi) is 4.78. The number of fused-ring (bicyclic) bond motifs is 1. The van der Waals surface area contributed by atoms with Gasteiger partial charge in [-0.1, -0.05) is 18.2 Å². The SMILES string of the molecule is COC(=O)C1CCN(C(=O)C2CCC(=O)N2C2OC(=O)c3ccccc32)CC1. The van der Waals surface area contributed by atoms with Crippen molar-refractivity contribution in [3.8, 4) is 0 Å². The summed E-state index contributed by atoms with van der Waals surface area (Å²) < 4.78 is 10.2. The van der Waals surface area contributed by atoms with Gasteiger partial charge in [-0.2, -0.15) is 0 Å². The van der Waals surface area contributed by atoms with Crippen molar-refractivity contribution in [2.45, 2.75) is 38.0 Å². The summed E-state index contributed by atoms with van der Waals surface area (Å²) in [7, 11) is 1.36. The maximum Gasteiger partial charge on any atom is 0.340 e. The standard InChI is InChI=1S/C20H22N2O6/c1-27-19(25)12-8-10-21(11-9-12)17(24)15-6-7-16(23)22(15)18-13-4-2-3-5-14(13)20(26)28-18/h2-5,12,15,18H,6-11H2,1H3. The van der Waals surface area contributed by atoms with Crippen molar-refractivity contribution in [1.82, 2.24) is 9.80 Å². The number of cyclic esters (lactones) is 1. The first-order valence-corrected chi connectivity index (χ1v) is 9.49. The van der Waals surface area contributed by atoms with E-state index < -0.39 is 18.2 Å². The predicted octanol–water partition coefficient (Wildman–Crippen LogP) is 1.26. The average Bonchev–Trinajstić information content (AvgIpc) is 3.27. The highest BCUT2D eigenvalue weighted by molar-refractivity contribution is 5.96. The van der Waals surface area contributed by atoms with Crippen LogP contribution in [0.5, 0.6) is 0 Å². The Bertz CT molecular complexity index is 830. The zero-order valence-electron chi connectivity index (χ0n) is 15.6. The monoisotopic (exact) mass is 386 g/mol. The Morgan fingerprint density at radius 1 is 1.11 bits per heavy atom. The van der Waals surface area contributed by atoms with E-state index in [-0.39, 0.29) is 30.1 Å². The molecule has 3 heterocycles. The number of hydrogen-bond acceptors (Lipinski definition) is 6. The van der Waals surface area contributed by atoms with Gasteiger partial charge in [0, 0.05) is 25.1 Å². The minimum Gasteiger partial charge on any atom is -0.469 e. The van der Waals surface area contributed by atoms with Gasteiger partial charge in [0.25, 0.3) is 0 Å². The second-order valence-electron chi connectivity index (χ2n) is 7.32. The first-order valence-electron chi connectivity index (χ1n) is 9.49. The highest BCUT2D eigenvalue weighted by Crippen LogP contribution is 2.38. The Morgan fingerprint density at radius 3 is 2.54 bits per heavy atom. The zero-order chi connectivity index (χ0) is 19.8. The van der Waals surface area contributed by atoms with Crippen LogP contribution in [-0.4, -0.2) is 59.8 Å². The lowest BCUT2D eigenvalue weighted by molar-refractivity contribution is -0.153. The number of ether oxygens (including phenoxy) is 2. The van der Waals surface area contributed by atoms with E-state index in [1.165, 1.54) is 12.0 Å². The molecule has 0 aliphatic carbocycles. The smallest absolute Gasteiger partial charge is 0.340 e. The normalized spacial score (nSPS) is 24.9. The van der Waals surface area contributed by atoms with Crippen LogP contribution in [0.2, 0.25) is 0 Å². The summed E-state index contributed by atoms with van der Waals surface area (Å²) in [4.78, 5) is 52.6. The summed E-state index contributed by atoms with van der Waals surface area (Å²) in [6.07, 6.45) is 0.858. The van der Waals surface area contributed by atoms with Crippen LogP contribution >= 0.6 is 0 Å². The number of methoxy groups -OCH3 is 1. The lowest BCUT2D eigenvalue weighted by atomic mass is 9.96. The number of nitrogens with zero attached hydrogens (tertiary/aromatic N) is 2. The molecule has 1 aromatic rings. The van der Waals surface area contributed by atoms with Gasteiger partial charge >= 0.3 is 11.9 Å². The van der Waals surface area contributed by atoms with E-state index in [2.05, 4.69) is 0 Å². The molecule has 0 bridgehead atoms. The van der Waals surface area contributed by atoms with Crippen LogP contribution < -0.4 is 0 Å². The number of rotatable bonds is 3. The van der Waals surface area contributed by atoms with E-state index in [1.54, 1.807) is 29.2 Å². The van der Waals surface area contributed by atoms with Crippen molar-refractivity contribution < 1.29 is 28.7 Å². The summed E-state index contributed by atoms with van der Waals surface area (Å²) in [5.41, 5.74) is 1.04. The number of amides is 2. The van der Waals surface area contributed by atoms with Gasteiger partial charge in [-0.05, 0) is 25.3 Å². The van der Waals surface area contributed by atoms with E-state index in [4.69, 9.17) is 9.47 Å². The van der Waals surface area contributed by atoms with E-state index in [0.29, 0.717) is 43.5 Å². The fourth-order valence-electron chi connectivity index (χ4n) is 4.29. The van der Waals surface area contributed by atoms with E-state index in [0.717, 1.165) is 0 Å². The van der Waals surface area contributed by atoms with Crippen LogP contribution in [0.25, 0.3) is 0 Å². The molecule has 0 N–H and O–H groups in total. The maximum atomic E-state index is 13.1. The number of carbonyl (C=O) groups is 4. The maximum absolute atomic E-state index is 13.1. The van der Waals surface area contributed by atoms with Crippen molar-refractivity contribution in [3.63, 3.8) is 0 Å². The Labute approximate surface area is 162 Å². The Morgan fingerprint density at radius 2 is 1.82 bits per heavy atom. The number of carbonyl (C=O) groups excluding carboxylic acids is 4. The quantitative estimate of drug-likeness (QED) is 0.726. The molecule has 4 rings (SSSR count). The van der Waals surface area contributed by atoms with Gasteiger partial charge < -0.3 is 14.4 Å². The van der Waals surface area contributed by atoms with Gasteiger partial charge in [0.15, 0.2) is 0 Å². The minimum atomic E-state index is -0.861. The summed E-state index contributed by atoms with van der Waals surface area (Å²) >= 11 is 0. The molecule has 28 heavy (non-hydrogen) atoms. The van der Waals surface area contributed by atoms with Crippen molar-refractivity contribution in [2.24, 2.45) is 5.92 Å². The molecule has 2 amide bonds. The van der Waals surface area contributed by atoms with Gasteiger partial charge in [-0.3, -0.25) is 19.3 Å². The van der Waals surface area contributed by atoms with Crippen LogP contribution in [0.4, 0.5) is 0 Å².